The summed E-state index contributed by atoms with van der Waals surface area (Å²) < 4.78 is 5.38. The molecule has 1 N–H and O–H groups in total. The van der Waals surface area contributed by atoms with E-state index in [9.17, 15) is 10.4 Å². The molecule has 0 aliphatic heterocycles. The lowest BCUT2D eigenvalue weighted by atomic mass is 9.65. The Morgan fingerprint density at radius 1 is 1.42 bits per heavy atom. The van der Waals surface area contributed by atoms with Crippen LogP contribution in [0.15, 0.2) is 16.7 Å². The van der Waals surface area contributed by atoms with Crippen molar-refractivity contribution in [1.29, 1.82) is 5.26 Å². The molecule has 0 saturated heterocycles. The summed E-state index contributed by atoms with van der Waals surface area (Å²) in [5.41, 5.74) is 0.252. The van der Waals surface area contributed by atoms with E-state index in [0.717, 1.165) is 31.2 Å². The molecule has 0 bridgehead atoms. The highest BCUT2D eigenvalue weighted by molar-refractivity contribution is 5.22. The molecule has 0 radical (unpaired) electrons. The third kappa shape index (κ3) is 2.55. The summed E-state index contributed by atoms with van der Waals surface area (Å²) in [4.78, 5) is 0. The number of hydrogen-bond acceptors (Lipinski definition) is 3. The standard InChI is InChI=1S/C16H23NO2/c1-11(2)13-4-7-16(10-17,8-5-13)15(18)14-12(3)6-9-19-14/h6,9,11,13,15,18H,4-5,7-8H2,1-3H3. The zero-order valence-electron chi connectivity index (χ0n) is 12.0. The van der Waals surface area contributed by atoms with E-state index in [0.29, 0.717) is 17.6 Å². The number of rotatable bonds is 3. The fourth-order valence-corrected chi connectivity index (χ4v) is 3.18. The quantitative estimate of drug-likeness (QED) is 0.895. The van der Waals surface area contributed by atoms with E-state index in [1.807, 2.05) is 13.0 Å². The predicted octanol–water partition coefficient (Wildman–Crippen LogP) is 3.98. The van der Waals surface area contributed by atoms with Crippen molar-refractivity contribution in [3.63, 3.8) is 0 Å². The van der Waals surface area contributed by atoms with Crippen LogP contribution in [0.2, 0.25) is 0 Å². The van der Waals surface area contributed by atoms with Crippen LogP contribution in [-0.2, 0) is 0 Å². The fraction of sp³-hybridized carbons (Fsp3) is 0.688. The van der Waals surface area contributed by atoms with Crippen molar-refractivity contribution in [2.45, 2.75) is 52.6 Å². The van der Waals surface area contributed by atoms with Crippen LogP contribution < -0.4 is 0 Å². The van der Waals surface area contributed by atoms with Gasteiger partial charge in [-0.25, -0.2) is 0 Å². The van der Waals surface area contributed by atoms with Crippen LogP contribution >= 0.6 is 0 Å². The van der Waals surface area contributed by atoms with Crippen molar-refractivity contribution in [3.05, 3.63) is 23.7 Å². The summed E-state index contributed by atoms with van der Waals surface area (Å²) in [6, 6.07) is 4.22. The molecule has 2 rings (SSSR count). The Labute approximate surface area is 115 Å². The van der Waals surface area contributed by atoms with Gasteiger partial charge in [0.15, 0.2) is 0 Å². The number of nitriles is 1. The number of hydrogen-bond donors (Lipinski definition) is 1. The first-order valence-electron chi connectivity index (χ1n) is 7.13. The van der Waals surface area contributed by atoms with Crippen LogP contribution in [0.25, 0.3) is 0 Å². The van der Waals surface area contributed by atoms with E-state index in [1.165, 1.54) is 0 Å². The maximum absolute atomic E-state index is 10.6. The molecule has 0 aromatic carbocycles. The van der Waals surface area contributed by atoms with E-state index in [2.05, 4.69) is 19.9 Å². The predicted molar refractivity (Wildman–Crippen MR) is 73.2 cm³/mol. The minimum Gasteiger partial charge on any atom is -0.466 e. The van der Waals surface area contributed by atoms with Gasteiger partial charge in [-0.15, -0.1) is 0 Å². The minimum absolute atomic E-state index is 0.560. The molecule has 104 valence electrons. The fourth-order valence-electron chi connectivity index (χ4n) is 3.18. The molecule has 3 heteroatoms. The average Bonchev–Trinajstić information content (AvgIpc) is 2.84. The van der Waals surface area contributed by atoms with E-state index >= 15 is 0 Å². The number of aliphatic hydroxyl groups is 1. The highest BCUT2D eigenvalue weighted by atomic mass is 16.4. The smallest absolute Gasteiger partial charge is 0.136 e. The van der Waals surface area contributed by atoms with Gasteiger partial charge in [-0.3, -0.25) is 0 Å². The van der Waals surface area contributed by atoms with Gasteiger partial charge in [-0.2, -0.15) is 5.26 Å². The lowest BCUT2D eigenvalue weighted by molar-refractivity contribution is 0.00465. The van der Waals surface area contributed by atoms with Crippen molar-refractivity contribution in [2.75, 3.05) is 0 Å². The Kier molecular flexibility index (Phi) is 4.01. The maximum atomic E-state index is 10.6. The lowest BCUT2D eigenvalue weighted by Gasteiger charge is -2.38. The molecular weight excluding hydrogens is 238 g/mol. The number of aryl methyl sites for hydroxylation is 1. The summed E-state index contributed by atoms with van der Waals surface area (Å²) in [6.45, 7) is 6.38. The summed E-state index contributed by atoms with van der Waals surface area (Å²) in [6.07, 6.45) is 4.32. The van der Waals surface area contributed by atoms with Crippen molar-refractivity contribution in [2.24, 2.45) is 17.3 Å². The largest absolute Gasteiger partial charge is 0.466 e. The highest BCUT2D eigenvalue weighted by Crippen LogP contribution is 2.49. The molecule has 19 heavy (non-hydrogen) atoms. The summed E-state index contributed by atoms with van der Waals surface area (Å²) >= 11 is 0. The van der Waals surface area contributed by atoms with Crippen molar-refractivity contribution in [1.82, 2.24) is 0 Å². The van der Waals surface area contributed by atoms with E-state index in [4.69, 9.17) is 4.42 Å². The molecule has 0 spiro atoms. The molecule has 1 unspecified atom stereocenters. The first kappa shape index (κ1) is 14.1. The van der Waals surface area contributed by atoms with Crippen LogP contribution in [0.5, 0.6) is 0 Å². The van der Waals surface area contributed by atoms with Gasteiger partial charge in [0.2, 0.25) is 0 Å². The highest BCUT2D eigenvalue weighted by Gasteiger charge is 2.44. The Morgan fingerprint density at radius 3 is 2.47 bits per heavy atom. The van der Waals surface area contributed by atoms with Gasteiger partial charge in [0.05, 0.1) is 17.7 Å². The van der Waals surface area contributed by atoms with Crippen LogP contribution in [0, 0.1) is 35.5 Å². The van der Waals surface area contributed by atoms with Gasteiger partial charge in [0.1, 0.15) is 11.9 Å². The third-order valence-corrected chi connectivity index (χ3v) is 4.76. The maximum Gasteiger partial charge on any atom is 0.136 e. The molecule has 1 atom stereocenters. The lowest BCUT2D eigenvalue weighted by Crippen LogP contribution is -2.33. The first-order valence-corrected chi connectivity index (χ1v) is 7.13. The molecule has 3 nitrogen and oxygen atoms in total. The topological polar surface area (TPSA) is 57.2 Å². The second-order valence-corrected chi connectivity index (χ2v) is 6.22. The summed E-state index contributed by atoms with van der Waals surface area (Å²) in [5, 5.41) is 20.1. The van der Waals surface area contributed by atoms with Gasteiger partial charge in [-0.1, -0.05) is 13.8 Å². The van der Waals surface area contributed by atoms with Crippen LogP contribution in [-0.4, -0.2) is 5.11 Å². The van der Waals surface area contributed by atoms with Crippen LogP contribution in [0.4, 0.5) is 0 Å². The van der Waals surface area contributed by atoms with Crippen molar-refractivity contribution < 1.29 is 9.52 Å². The molecule has 1 fully saturated rings. The molecule has 1 saturated carbocycles. The van der Waals surface area contributed by atoms with Crippen LogP contribution in [0.3, 0.4) is 0 Å². The molecule has 1 aromatic rings. The van der Waals surface area contributed by atoms with Gasteiger partial charge in [0.25, 0.3) is 0 Å². The number of furan rings is 1. The van der Waals surface area contributed by atoms with Gasteiger partial charge in [-0.05, 0) is 56.1 Å². The Morgan fingerprint density at radius 2 is 2.05 bits per heavy atom. The Hall–Kier alpha value is -1.27. The first-order chi connectivity index (χ1) is 9.00. The second-order valence-electron chi connectivity index (χ2n) is 6.22. The van der Waals surface area contributed by atoms with E-state index in [-0.39, 0.29) is 0 Å². The third-order valence-electron chi connectivity index (χ3n) is 4.76. The molecule has 1 aliphatic rings. The zero-order chi connectivity index (χ0) is 14.0. The summed E-state index contributed by atoms with van der Waals surface area (Å²) in [7, 11) is 0. The van der Waals surface area contributed by atoms with Gasteiger partial charge >= 0.3 is 0 Å². The van der Waals surface area contributed by atoms with Crippen molar-refractivity contribution >= 4 is 0 Å². The second kappa shape index (κ2) is 5.38. The monoisotopic (exact) mass is 261 g/mol. The molecular formula is C16H23NO2. The Balaban J connectivity index is 2.17. The summed E-state index contributed by atoms with van der Waals surface area (Å²) in [5.74, 6) is 1.88. The molecule has 0 amide bonds. The van der Waals surface area contributed by atoms with Gasteiger partial charge in [0, 0.05) is 0 Å². The molecule has 1 aliphatic carbocycles. The number of aliphatic hydroxyl groups excluding tert-OH is 1. The normalized spacial score (nSPS) is 29.2. The van der Waals surface area contributed by atoms with E-state index < -0.39 is 11.5 Å². The SMILES string of the molecule is Cc1ccoc1C(O)C1(C#N)CCC(C(C)C)CC1. The zero-order valence-corrected chi connectivity index (χ0v) is 12.0. The molecule has 1 aromatic heterocycles. The molecule has 1 heterocycles. The van der Waals surface area contributed by atoms with Crippen molar-refractivity contribution in [3.8, 4) is 6.07 Å². The Bertz CT molecular complexity index is 461. The number of nitrogens with zero attached hydrogens (tertiary/aromatic N) is 1. The average molecular weight is 261 g/mol. The van der Waals surface area contributed by atoms with Crippen LogP contribution in [0.1, 0.15) is 57.0 Å². The van der Waals surface area contributed by atoms with Gasteiger partial charge < -0.3 is 9.52 Å². The minimum atomic E-state index is -0.805. The van der Waals surface area contributed by atoms with E-state index in [1.54, 1.807) is 6.26 Å².